The lowest BCUT2D eigenvalue weighted by Gasteiger charge is -2.19. The van der Waals surface area contributed by atoms with Crippen LogP contribution in [0.3, 0.4) is 0 Å². The summed E-state index contributed by atoms with van der Waals surface area (Å²) in [6.07, 6.45) is 3.48. The van der Waals surface area contributed by atoms with Crippen molar-refractivity contribution in [1.29, 1.82) is 0 Å². The fourth-order valence-electron chi connectivity index (χ4n) is 2.55. The molecule has 0 aliphatic rings. The second-order valence-electron chi connectivity index (χ2n) is 5.20. The molecule has 20 heavy (non-hydrogen) atoms. The van der Waals surface area contributed by atoms with Gasteiger partial charge in [0, 0.05) is 10.5 Å². The third-order valence-electron chi connectivity index (χ3n) is 3.75. The molecule has 0 heterocycles. The van der Waals surface area contributed by atoms with E-state index in [1.165, 1.54) is 27.6 Å². The summed E-state index contributed by atoms with van der Waals surface area (Å²) in [5.74, 6) is 0. The Kier molecular flexibility index (Phi) is 5.81. The largest absolute Gasteiger partial charge is 0.313 e. The Morgan fingerprint density at radius 3 is 2.50 bits per heavy atom. The molecule has 1 nitrogen and oxygen atoms in total. The molecule has 0 saturated heterocycles. The second kappa shape index (κ2) is 7.61. The Bertz CT molecular complexity index is 536. The predicted molar refractivity (Wildman–Crippen MR) is 90.1 cm³/mol. The van der Waals surface area contributed by atoms with Gasteiger partial charge >= 0.3 is 0 Å². The minimum Gasteiger partial charge on any atom is -0.313 e. The van der Waals surface area contributed by atoms with Crippen LogP contribution in [0.5, 0.6) is 0 Å². The third kappa shape index (κ3) is 3.94. The lowest BCUT2D eigenvalue weighted by molar-refractivity contribution is 0.525. The molecule has 2 heteroatoms. The third-order valence-corrected chi connectivity index (χ3v) is 4.83. The van der Waals surface area contributed by atoms with Crippen LogP contribution < -0.4 is 5.32 Å². The van der Waals surface area contributed by atoms with Crippen molar-refractivity contribution in [3.63, 3.8) is 0 Å². The highest BCUT2D eigenvalue weighted by molar-refractivity contribution is 9.10. The van der Waals surface area contributed by atoms with E-state index in [1.54, 1.807) is 0 Å². The summed E-state index contributed by atoms with van der Waals surface area (Å²) in [4.78, 5) is 0. The van der Waals surface area contributed by atoms with E-state index in [0.29, 0.717) is 6.04 Å². The first-order chi connectivity index (χ1) is 9.72. The highest BCUT2D eigenvalue weighted by Crippen LogP contribution is 2.29. The standard InChI is InChI=1S/C18H22BrN/c1-14-8-6-12-16(18(14)19)17(20-2)13-7-11-15-9-4-3-5-10-15/h3-6,8-10,12,17,20H,7,11,13H2,1-2H3. The van der Waals surface area contributed by atoms with Crippen LogP contribution in [0.25, 0.3) is 0 Å². The van der Waals surface area contributed by atoms with Crippen LogP contribution in [0.15, 0.2) is 53.0 Å². The molecular weight excluding hydrogens is 310 g/mol. The molecule has 106 valence electrons. The molecule has 0 aliphatic carbocycles. The van der Waals surface area contributed by atoms with Crippen LogP contribution in [0.1, 0.15) is 35.6 Å². The molecule has 1 unspecified atom stereocenters. The average Bonchev–Trinajstić information content (AvgIpc) is 2.48. The molecule has 0 radical (unpaired) electrons. The van der Waals surface area contributed by atoms with Crippen molar-refractivity contribution in [3.05, 3.63) is 69.7 Å². The summed E-state index contributed by atoms with van der Waals surface area (Å²) < 4.78 is 1.24. The van der Waals surface area contributed by atoms with Gasteiger partial charge in [-0.15, -0.1) is 0 Å². The number of aryl methyl sites for hydroxylation is 2. The lowest BCUT2D eigenvalue weighted by atomic mass is 9.98. The molecule has 2 aromatic rings. The normalized spacial score (nSPS) is 12.3. The molecule has 0 spiro atoms. The van der Waals surface area contributed by atoms with E-state index in [0.717, 1.165) is 12.8 Å². The summed E-state index contributed by atoms with van der Waals surface area (Å²) in [5.41, 5.74) is 4.08. The molecule has 0 saturated carbocycles. The Labute approximate surface area is 130 Å². The molecule has 2 aromatic carbocycles. The number of benzene rings is 2. The van der Waals surface area contributed by atoms with E-state index in [4.69, 9.17) is 0 Å². The first-order valence-corrected chi connectivity index (χ1v) is 7.98. The van der Waals surface area contributed by atoms with Gasteiger partial charge in [-0.3, -0.25) is 0 Å². The maximum absolute atomic E-state index is 3.72. The zero-order chi connectivity index (χ0) is 14.4. The van der Waals surface area contributed by atoms with Gasteiger partial charge in [0.25, 0.3) is 0 Å². The van der Waals surface area contributed by atoms with Gasteiger partial charge in [0.1, 0.15) is 0 Å². The van der Waals surface area contributed by atoms with Crippen molar-refractivity contribution < 1.29 is 0 Å². The van der Waals surface area contributed by atoms with Crippen molar-refractivity contribution in [3.8, 4) is 0 Å². The average molecular weight is 332 g/mol. The zero-order valence-corrected chi connectivity index (χ0v) is 13.8. The summed E-state index contributed by atoms with van der Waals surface area (Å²) in [6, 6.07) is 17.6. The van der Waals surface area contributed by atoms with Gasteiger partial charge in [-0.05, 0) is 49.9 Å². The molecule has 0 fully saturated rings. The minimum absolute atomic E-state index is 0.410. The quantitative estimate of drug-likeness (QED) is 0.781. The maximum atomic E-state index is 3.72. The van der Waals surface area contributed by atoms with E-state index in [9.17, 15) is 0 Å². The highest BCUT2D eigenvalue weighted by atomic mass is 79.9. The van der Waals surface area contributed by atoms with Crippen LogP contribution in [0, 0.1) is 6.92 Å². The van der Waals surface area contributed by atoms with Crippen LogP contribution >= 0.6 is 15.9 Å². The van der Waals surface area contributed by atoms with Crippen molar-refractivity contribution in [2.75, 3.05) is 7.05 Å². The molecule has 1 atom stereocenters. The zero-order valence-electron chi connectivity index (χ0n) is 12.2. The Hall–Kier alpha value is -1.12. The van der Waals surface area contributed by atoms with Gasteiger partial charge in [0.05, 0.1) is 0 Å². The van der Waals surface area contributed by atoms with Crippen molar-refractivity contribution >= 4 is 15.9 Å². The molecule has 0 aliphatic heterocycles. The summed E-state index contributed by atoms with van der Waals surface area (Å²) in [7, 11) is 2.04. The maximum Gasteiger partial charge on any atom is 0.0328 e. The van der Waals surface area contributed by atoms with E-state index in [2.05, 4.69) is 76.7 Å². The molecule has 0 amide bonds. The van der Waals surface area contributed by atoms with Crippen molar-refractivity contribution in [2.45, 2.75) is 32.2 Å². The SMILES string of the molecule is CNC(CCCc1ccccc1)c1cccc(C)c1Br. The fraction of sp³-hybridized carbons (Fsp3) is 0.333. The Morgan fingerprint density at radius 2 is 1.80 bits per heavy atom. The first-order valence-electron chi connectivity index (χ1n) is 7.18. The first kappa shape index (κ1) is 15.3. The summed E-state index contributed by atoms with van der Waals surface area (Å²) in [5, 5.41) is 3.44. The van der Waals surface area contributed by atoms with Gasteiger partial charge in [-0.25, -0.2) is 0 Å². The summed E-state index contributed by atoms with van der Waals surface area (Å²) in [6.45, 7) is 2.14. The monoisotopic (exact) mass is 331 g/mol. The van der Waals surface area contributed by atoms with E-state index < -0.39 is 0 Å². The number of hydrogen-bond donors (Lipinski definition) is 1. The highest BCUT2D eigenvalue weighted by Gasteiger charge is 2.13. The van der Waals surface area contributed by atoms with E-state index >= 15 is 0 Å². The molecular formula is C18H22BrN. The number of hydrogen-bond acceptors (Lipinski definition) is 1. The smallest absolute Gasteiger partial charge is 0.0328 e. The van der Waals surface area contributed by atoms with E-state index in [-0.39, 0.29) is 0 Å². The van der Waals surface area contributed by atoms with Crippen LogP contribution in [-0.4, -0.2) is 7.05 Å². The van der Waals surface area contributed by atoms with Crippen LogP contribution in [0.2, 0.25) is 0 Å². The topological polar surface area (TPSA) is 12.0 Å². The summed E-state index contributed by atoms with van der Waals surface area (Å²) >= 11 is 3.72. The lowest BCUT2D eigenvalue weighted by Crippen LogP contribution is -2.17. The van der Waals surface area contributed by atoms with Gasteiger partial charge in [-0.1, -0.05) is 64.5 Å². The Morgan fingerprint density at radius 1 is 1.05 bits per heavy atom. The number of halogens is 1. The molecule has 1 N–H and O–H groups in total. The predicted octanol–water partition coefficient (Wildman–Crippen LogP) is 5.04. The van der Waals surface area contributed by atoms with Gasteiger partial charge in [0.2, 0.25) is 0 Å². The molecule has 2 rings (SSSR count). The van der Waals surface area contributed by atoms with Crippen molar-refractivity contribution in [2.24, 2.45) is 0 Å². The minimum atomic E-state index is 0.410. The fourth-order valence-corrected chi connectivity index (χ4v) is 3.09. The van der Waals surface area contributed by atoms with Crippen LogP contribution in [0.4, 0.5) is 0 Å². The van der Waals surface area contributed by atoms with Crippen molar-refractivity contribution in [1.82, 2.24) is 5.32 Å². The number of nitrogens with one attached hydrogen (secondary N) is 1. The Balaban J connectivity index is 1.97. The molecule has 0 aromatic heterocycles. The van der Waals surface area contributed by atoms with Gasteiger partial charge in [-0.2, -0.15) is 0 Å². The number of rotatable bonds is 6. The van der Waals surface area contributed by atoms with E-state index in [1.807, 2.05) is 7.05 Å². The van der Waals surface area contributed by atoms with Gasteiger partial charge in [0.15, 0.2) is 0 Å². The second-order valence-corrected chi connectivity index (χ2v) is 5.99. The van der Waals surface area contributed by atoms with Crippen LogP contribution in [-0.2, 0) is 6.42 Å². The van der Waals surface area contributed by atoms with Gasteiger partial charge < -0.3 is 5.32 Å². The molecule has 0 bridgehead atoms.